The zero-order valence-corrected chi connectivity index (χ0v) is 17.4. The monoisotopic (exact) mass is 333 g/mol. The number of rotatable bonds is 0. The van der Waals surface area contributed by atoms with E-state index >= 15 is 0 Å². The maximum Gasteiger partial charge on any atom is 0.0790 e. The fourth-order valence-electron chi connectivity index (χ4n) is 0. The molecule has 0 aromatic rings. The minimum Gasteiger partial charge on any atom is -0.333 e. The van der Waals surface area contributed by atoms with Gasteiger partial charge < -0.3 is 18.5 Å². The van der Waals surface area contributed by atoms with Crippen LogP contribution in [0.1, 0.15) is 7.43 Å². The van der Waals surface area contributed by atoms with Crippen molar-refractivity contribution in [3.05, 3.63) is 0 Å². The van der Waals surface area contributed by atoms with E-state index in [0.717, 1.165) is 4.48 Å². The average Bonchev–Trinajstić information content (AvgIpc) is 1.66. The van der Waals surface area contributed by atoms with E-state index in [4.69, 9.17) is 0 Å². The molecule has 0 N–H and O–H groups in total. The largest absolute Gasteiger partial charge is 0.333 e. The van der Waals surface area contributed by atoms with Crippen LogP contribution in [0.3, 0.4) is 0 Å². The number of hydrogen-bond acceptors (Lipinski definition) is 3. The highest BCUT2D eigenvalue weighted by Crippen LogP contribution is 2.28. The molecule has 0 aliphatic carbocycles. The van der Waals surface area contributed by atoms with Crippen LogP contribution in [0.2, 0.25) is 0 Å². The normalized spacial score (nSPS) is 10.7. The van der Waals surface area contributed by atoms with Gasteiger partial charge in [-0.2, -0.15) is 0 Å². The second-order valence-electron chi connectivity index (χ2n) is 7.80. The van der Waals surface area contributed by atoms with Crippen LogP contribution in [0.15, 0.2) is 0 Å². The predicted molar refractivity (Wildman–Crippen MR) is 101 cm³/mol. The van der Waals surface area contributed by atoms with Gasteiger partial charge in [-0.1, -0.05) is 7.43 Å². The Morgan fingerprint density at radius 1 is 0.650 bits per heavy atom. The van der Waals surface area contributed by atoms with E-state index in [9.17, 15) is 9.13 Å². The molecule has 0 fully saturated rings. The van der Waals surface area contributed by atoms with Gasteiger partial charge in [-0.15, -0.1) is 0 Å². The van der Waals surface area contributed by atoms with Crippen LogP contribution >= 0.6 is 14.3 Å². The molecule has 0 saturated heterocycles. The summed E-state index contributed by atoms with van der Waals surface area (Å²) in [7, 11) is 11.2. The molecule has 130 valence electrons. The van der Waals surface area contributed by atoms with Crippen molar-refractivity contribution >= 4 is 14.3 Å². The first kappa shape index (κ1) is 32.4. The van der Waals surface area contributed by atoms with E-state index < -0.39 is 14.3 Å². The second-order valence-corrected chi connectivity index (χ2v) is 15.4. The Labute approximate surface area is 130 Å². The molecule has 0 heterocycles. The van der Waals surface area contributed by atoms with Gasteiger partial charge in [0.15, 0.2) is 0 Å². The van der Waals surface area contributed by atoms with E-state index in [2.05, 4.69) is 28.2 Å². The van der Waals surface area contributed by atoms with Gasteiger partial charge in [0.25, 0.3) is 0 Å². The third-order valence-corrected chi connectivity index (χ3v) is 0. The quantitative estimate of drug-likeness (QED) is 0.502. The number of quaternary nitrogens is 1. The molecule has 0 aromatic heterocycles. The zero-order chi connectivity index (χ0) is 17.1. The third kappa shape index (κ3) is 38400. The van der Waals surface area contributed by atoms with E-state index in [1.54, 1.807) is 40.0 Å². The Balaban J connectivity index is -0.0000000494. The van der Waals surface area contributed by atoms with Crippen molar-refractivity contribution in [3.63, 3.8) is 0 Å². The molecule has 0 unspecified atom stereocenters. The van der Waals surface area contributed by atoms with Crippen molar-refractivity contribution in [2.45, 2.75) is 7.43 Å². The lowest BCUT2D eigenvalue weighted by molar-refractivity contribution is -0.849. The first-order valence-electron chi connectivity index (χ1n) is 6.18. The summed E-state index contributed by atoms with van der Waals surface area (Å²) >= 11 is 0. The molecule has 0 atom stereocenters. The van der Waals surface area contributed by atoms with Crippen LogP contribution in [-0.2, 0) is 9.13 Å². The smallest absolute Gasteiger partial charge is 0.0790 e. The molecule has 0 aromatic carbocycles. The molecule has 0 spiro atoms. The van der Waals surface area contributed by atoms with Gasteiger partial charge >= 0.3 is 0 Å². The Morgan fingerprint density at radius 2 is 0.650 bits per heavy atom. The van der Waals surface area contributed by atoms with Crippen molar-refractivity contribution in [1.82, 2.24) is 4.90 Å². The molecular formula is C14H43N2O2P2+. The van der Waals surface area contributed by atoms with E-state index in [1.807, 2.05) is 26.0 Å². The Morgan fingerprint density at radius 3 is 0.650 bits per heavy atom. The van der Waals surface area contributed by atoms with Crippen LogP contribution in [-0.4, -0.2) is 98.7 Å². The molecule has 4 nitrogen and oxygen atoms in total. The maximum atomic E-state index is 10.2. The second kappa shape index (κ2) is 14.3. The first-order valence-corrected chi connectivity index (χ1v) is 12.3. The van der Waals surface area contributed by atoms with Gasteiger partial charge in [-0.25, -0.2) is 0 Å². The molecule has 0 radical (unpaired) electrons. The molecule has 0 saturated carbocycles. The fraction of sp³-hybridized carbons (Fsp3) is 1.00. The molecule has 0 bridgehead atoms. The SMILES string of the molecule is C.CN(C)C.CP(C)(C)=O.CP(C)(C)=O.C[N+](C)(C)C. The minimum absolute atomic E-state index is 0. The Bertz CT molecular complexity index is 228. The third-order valence-electron chi connectivity index (χ3n) is 0. The number of hydrogen-bond donors (Lipinski definition) is 0. The maximum absolute atomic E-state index is 10.2. The summed E-state index contributed by atoms with van der Waals surface area (Å²) in [5.41, 5.74) is 0. The summed E-state index contributed by atoms with van der Waals surface area (Å²) in [5.74, 6) is 0. The molecule has 0 aliphatic rings. The Hall–Kier alpha value is 0.380. The van der Waals surface area contributed by atoms with Crippen molar-refractivity contribution in [1.29, 1.82) is 0 Å². The van der Waals surface area contributed by atoms with Gasteiger partial charge in [-0.05, 0) is 61.1 Å². The highest BCUT2D eigenvalue weighted by molar-refractivity contribution is 7.61. The van der Waals surface area contributed by atoms with E-state index in [1.165, 1.54) is 0 Å². The van der Waals surface area contributed by atoms with Gasteiger partial charge in [0.2, 0.25) is 0 Å². The average molecular weight is 333 g/mol. The first-order chi connectivity index (χ1) is 7.73. The van der Waals surface area contributed by atoms with Gasteiger partial charge in [-0.3, -0.25) is 0 Å². The van der Waals surface area contributed by atoms with Gasteiger partial charge in [0.1, 0.15) is 0 Å². The van der Waals surface area contributed by atoms with Gasteiger partial charge in [0.05, 0.1) is 42.5 Å². The number of nitrogens with zero attached hydrogens (tertiary/aromatic N) is 2. The summed E-state index contributed by atoms with van der Waals surface area (Å²) in [6.07, 6.45) is 0. The molecule has 0 rings (SSSR count). The predicted octanol–water partition coefficient (Wildman–Crippen LogP) is 3.61. The van der Waals surface area contributed by atoms with Crippen molar-refractivity contribution in [2.75, 3.05) is 89.3 Å². The van der Waals surface area contributed by atoms with Crippen molar-refractivity contribution < 1.29 is 13.6 Å². The highest BCUT2D eigenvalue weighted by atomic mass is 31.2. The van der Waals surface area contributed by atoms with Crippen LogP contribution in [0, 0.1) is 0 Å². The van der Waals surface area contributed by atoms with Crippen LogP contribution in [0.5, 0.6) is 0 Å². The summed E-state index contributed by atoms with van der Waals surface area (Å²) in [6, 6.07) is 0. The standard InChI is InChI=1S/C4H12N.C3H9N.2C3H9OP.CH4/c1-5(2,3)4;1-4(2)3;2*1-5(2,3)4;/h1-4H3;1-3H3;2*1-3H3;1H4/q+1;;;;. The summed E-state index contributed by atoms with van der Waals surface area (Å²) < 4.78 is 21.4. The molecule has 20 heavy (non-hydrogen) atoms. The molecule has 0 amide bonds. The topological polar surface area (TPSA) is 37.4 Å². The van der Waals surface area contributed by atoms with Crippen LogP contribution in [0.4, 0.5) is 0 Å². The summed E-state index contributed by atoms with van der Waals surface area (Å²) in [6.45, 7) is 10.5. The van der Waals surface area contributed by atoms with E-state index in [0.29, 0.717) is 0 Å². The van der Waals surface area contributed by atoms with Gasteiger partial charge in [0, 0.05) is 0 Å². The van der Waals surface area contributed by atoms with Crippen LogP contribution in [0.25, 0.3) is 0 Å². The van der Waals surface area contributed by atoms with Crippen LogP contribution < -0.4 is 0 Å². The van der Waals surface area contributed by atoms with Crippen molar-refractivity contribution in [3.8, 4) is 0 Å². The molecule has 0 aliphatic heterocycles. The Kier molecular flexibility index (Phi) is 23.2. The lowest BCUT2D eigenvalue weighted by Crippen LogP contribution is -2.27. The highest BCUT2D eigenvalue weighted by Gasteiger charge is 1.89. The summed E-state index contributed by atoms with van der Waals surface area (Å²) in [5, 5.41) is 0. The van der Waals surface area contributed by atoms with E-state index in [-0.39, 0.29) is 7.43 Å². The lowest BCUT2D eigenvalue weighted by Gasteiger charge is -2.14. The minimum atomic E-state index is -1.64. The van der Waals surface area contributed by atoms with Crippen molar-refractivity contribution in [2.24, 2.45) is 0 Å². The summed E-state index contributed by atoms with van der Waals surface area (Å²) in [4.78, 5) is 2.00. The molecule has 6 heteroatoms. The zero-order valence-electron chi connectivity index (χ0n) is 15.6. The fourth-order valence-corrected chi connectivity index (χ4v) is 0. The lowest BCUT2D eigenvalue weighted by atomic mass is 10.8. The molecular weight excluding hydrogens is 290 g/mol.